The number of benzene rings is 3. The third-order valence-electron chi connectivity index (χ3n) is 5.31. The average molecular weight is 511 g/mol. The summed E-state index contributed by atoms with van der Waals surface area (Å²) in [6, 6.07) is 20.6. The molecular formula is C27H27ClN2O2S2. The van der Waals surface area contributed by atoms with E-state index in [0.717, 1.165) is 21.6 Å². The van der Waals surface area contributed by atoms with E-state index in [9.17, 15) is 4.79 Å². The van der Waals surface area contributed by atoms with Gasteiger partial charge in [-0.25, -0.2) is 0 Å². The molecule has 0 aliphatic heterocycles. The van der Waals surface area contributed by atoms with Gasteiger partial charge in [0, 0.05) is 39.2 Å². The first kappa shape index (κ1) is 25.8. The van der Waals surface area contributed by atoms with Crippen LogP contribution in [-0.2, 0) is 11.8 Å². The van der Waals surface area contributed by atoms with Gasteiger partial charge >= 0.3 is 0 Å². The van der Waals surface area contributed by atoms with Crippen LogP contribution in [0, 0.1) is 0 Å². The molecule has 0 saturated heterocycles. The molecule has 0 bridgehead atoms. The topological polar surface area (TPSA) is 50.4 Å². The van der Waals surface area contributed by atoms with Crippen LogP contribution in [0.3, 0.4) is 0 Å². The lowest BCUT2D eigenvalue weighted by atomic mass is 9.87. The van der Waals surface area contributed by atoms with Crippen LogP contribution >= 0.6 is 36.0 Å². The van der Waals surface area contributed by atoms with E-state index >= 15 is 0 Å². The fourth-order valence-electron chi connectivity index (χ4n) is 3.38. The lowest BCUT2D eigenvalue weighted by Crippen LogP contribution is -2.34. The minimum atomic E-state index is -0.272. The number of carbonyl (C=O) groups excluding carboxylic acids is 1. The fraction of sp³-hybridized carbons (Fsp3) is 0.222. The highest BCUT2D eigenvalue weighted by molar-refractivity contribution is 7.81. The molecule has 3 aromatic carbocycles. The van der Waals surface area contributed by atoms with Crippen LogP contribution in [0.15, 0.2) is 66.7 Å². The summed E-state index contributed by atoms with van der Waals surface area (Å²) < 4.78 is 5.56. The average Bonchev–Trinajstić information content (AvgIpc) is 2.79. The van der Waals surface area contributed by atoms with E-state index in [1.165, 1.54) is 0 Å². The van der Waals surface area contributed by atoms with Crippen molar-refractivity contribution in [1.82, 2.24) is 5.32 Å². The Bertz CT molecular complexity index is 1220. The first-order valence-corrected chi connectivity index (χ1v) is 12.0. The number of anilines is 1. The van der Waals surface area contributed by atoms with Gasteiger partial charge in [0.05, 0.1) is 7.11 Å². The molecule has 0 fully saturated rings. The fourth-order valence-corrected chi connectivity index (χ4v) is 4.23. The van der Waals surface area contributed by atoms with Crippen molar-refractivity contribution in [3.63, 3.8) is 0 Å². The SMILES string of the molecule is COc1cc(NC(=S)NC(=O)c2ccc(C(C)(C)C)cc2)ccc1CC(=S)c1ccccc1Cl. The van der Waals surface area contributed by atoms with Gasteiger partial charge in [-0.2, -0.15) is 0 Å². The zero-order valence-electron chi connectivity index (χ0n) is 19.6. The van der Waals surface area contributed by atoms with Crippen LogP contribution in [0.2, 0.25) is 5.02 Å². The Kier molecular flexibility index (Phi) is 8.42. The summed E-state index contributed by atoms with van der Waals surface area (Å²) in [5.41, 5.74) is 4.17. The van der Waals surface area contributed by atoms with E-state index in [1.54, 1.807) is 19.2 Å². The van der Waals surface area contributed by atoms with Crippen LogP contribution < -0.4 is 15.4 Å². The molecular weight excluding hydrogens is 484 g/mol. The van der Waals surface area contributed by atoms with Crippen molar-refractivity contribution in [2.45, 2.75) is 32.6 Å². The second-order valence-corrected chi connectivity index (χ2v) is 10.2. The molecule has 7 heteroatoms. The monoisotopic (exact) mass is 510 g/mol. The highest BCUT2D eigenvalue weighted by Gasteiger charge is 2.15. The summed E-state index contributed by atoms with van der Waals surface area (Å²) in [6.07, 6.45) is 0.508. The molecule has 34 heavy (non-hydrogen) atoms. The highest BCUT2D eigenvalue weighted by atomic mass is 35.5. The van der Waals surface area contributed by atoms with E-state index in [4.69, 9.17) is 40.8 Å². The molecule has 0 unspecified atom stereocenters. The van der Waals surface area contributed by atoms with E-state index in [0.29, 0.717) is 28.4 Å². The number of rotatable bonds is 6. The summed E-state index contributed by atoms with van der Waals surface area (Å²) in [5.74, 6) is 0.387. The van der Waals surface area contributed by atoms with Gasteiger partial charge < -0.3 is 10.1 Å². The lowest BCUT2D eigenvalue weighted by molar-refractivity contribution is 0.0977. The smallest absolute Gasteiger partial charge is 0.257 e. The molecule has 4 nitrogen and oxygen atoms in total. The summed E-state index contributed by atoms with van der Waals surface area (Å²) in [6.45, 7) is 6.39. The van der Waals surface area contributed by atoms with Crippen molar-refractivity contribution in [1.29, 1.82) is 0 Å². The molecule has 0 radical (unpaired) electrons. The largest absolute Gasteiger partial charge is 0.496 e. The Morgan fingerprint density at radius 1 is 1.00 bits per heavy atom. The summed E-state index contributed by atoms with van der Waals surface area (Å²) >= 11 is 17.2. The number of ether oxygens (including phenoxy) is 1. The first-order chi connectivity index (χ1) is 16.1. The van der Waals surface area contributed by atoms with Crippen molar-refractivity contribution >= 4 is 57.6 Å². The van der Waals surface area contributed by atoms with Gasteiger partial charge in [-0.15, -0.1) is 0 Å². The van der Waals surface area contributed by atoms with Crippen LogP contribution in [0.25, 0.3) is 0 Å². The number of hydrogen-bond acceptors (Lipinski definition) is 4. The quantitative estimate of drug-likeness (QED) is 0.284. The van der Waals surface area contributed by atoms with E-state index < -0.39 is 0 Å². The Labute approximate surface area is 216 Å². The van der Waals surface area contributed by atoms with Gasteiger partial charge in [0.2, 0.25) is 0 Å². The van der Waals surface area contributed by atoms with Crippen molar-refractivity contribution in [2.75, 3.05) is 12.4 Å². The molecule has 0 aliphatic rings. The van der Waals surface area contributed by atoms with Gasteiger partial charge in [-0.1, -0.05) is 81.0 Å². The van der Waals surface area contributed by atoms with Crippen molar-refractivity contribution in [2.24, 2.45) is 0 Å². The number of carbonyl (C=O) groups is 1. The third kappa shape index (κ3) is 6.63. The van der Waals surface area contributed by atoms with E-state index in [1.807, 2.05) is 54.6 Å². The normalized spacial score (nSPS) is 11.0. The minimum Gasteiger partial charge on any atom is -0.496 e. The molecule has 2 N–H and O–H groups in total. The third-order valence-corrected chi connectivity index (χ3v) is 6.21. The van der Waals surface area contributed by atoms with Crippen LogP contribution in [0.1, 0.15) is 47.8 Å². The Hall–Kier alpha value is -2.80. The van der Waals surface area contributed by atoms with Gasteiger partial charge in [-0.05, 0) is 53.0 Å². The highest BCUT2D eigenvalue weighted by Crippen LogP contribution is 2.27. The summed E-state index contributed by atoms with van der Waals surface area (Å²) in [7, 11) is 1.60. The zero-order valence-corrected chi connectivity index (χ0v) is 22.0. The van der Waals surface area contributed by atoms with E-state index in [2.05, 4.69) is 31.4 Å². The standard InChI is InChI=1S/C27H27ClN2O2S2/c1-27(2,3)19-12-9-17(10-13-19)25(31)30-26(34)29-20-14-11-18(23(16-20)32-4)15-24(33)21-7-5-6-8-22(21)28/h5-14,16H,15H2,1-4H3,(H2,29,30,31,34). The van der Waals surface area contributed by atoms with Gasteiger partial charge in [0.1, 0.15) is 5.75 Å². The molecule has 0 spiro atoms. The number of nitrogens with one attached hydrogen (secondary N) is 2. The van der Waals surface area contributed by atoms with Crippen molar-refractivity contribution in [3.8, 4) is 5.75 Å². The number of methoxy groups -OCH3 is 1. The molecule has 0 aliphatic carbocycles. The van der Waals surface area contributed by atoms with Crippen molar-refractivity contribution in [3.05, 3.63) is 94.0 Å². The lowest BCUT2D eigenvalue weighted by Gasteiger charge is -2.19. The summed E-state index contributed by atoms with van der Waals surface area (Å²) in [4.78, 5) is 13.3. The molecule has 0 saturated carbocycles. The first-order valence-electron chi connectivity index (χ1n) is 10.8. The number of amides is 1. The second-order valence-electron chi connectivity index (χ2n) is 8.84. The second kappa shape index (κ2) is 11.1. The zero-order chi connectivity index (χ0) is 24.9. The molecule has 0 aromatic heterocycles. The van der Waals surface area contributed by atoms with Crippen molar-refractivity contribution < 1.29 is 9.53 Å². The van der Waals surface area contributed by atoms with Gasteiger partial charge in [0.25, 0.3) is 5.91 Å². The maximum absolute atomic E-state index is 12.6. The Morgan fingerprint density at radius 3 is 2.29 bits per heavy atom. The number of halogens is 1. The summed E-state index contributed by atoms with van der Waals surface area (Å²) in [5, 5.41) is 6.58. The maximum Gasteiger partial charge on any atom is 0.257 e. The molecule has 3 rings (SSSR count). The number of thiocarbonyl (C=S) groups is 2. The Morgan fingerprint density at radius 2 is 1.68 bits per heavy atom. The van der Waals surface area contributed by atoms with E-state index in [-0.39, 0.29) is 16.4 Å². The molecule has 0 heterocycles. The Balaban J connectivity index is 1.65. The maximum atomic E-state index is 12.6. The van der Waals surface area contributed by atoms with Crippen LogP contribution in [0.4, 0.5) is 5.69 Å². The van der Waals surface area contributed by atoms with Crippen LogP contribution in [-0.4, -0.2) is 23.0 Å². The predicted octanol–water partition coefficient (Wildman–Crippen LogP) is 6.73. The van der Waals surface area contributed by atoms with Gasteiger partial charge in [0.15, 0.2) is 5.11 Å². The van der Waals surface area contributed by atoms with Crippen LogP contribution in [0.5, 0.6) is 5.75 Å². The number of hydrogen-bond donors (Lipinski definition) is 2. The molecule has 0 atom stereocenters. The molecule has 1 amide bonds. The van der Waals surface area contributed by atoms with Gasteiger partial charge in [-0.3, -0.25) is 10.1 Å². The minimum absolute atomic E-state index is 0.0220. The molecule has 3 aromatic rings. The molecule has 176 valence electrons. The predicted molar refractivity (Wildman–Crippen MR) is 149 cm³/mol.